The monoisotopic (exact) mass is 157 g/mol. The molecule has 0 atom stereocenters. The summed E-state index contributed by atoms with van der Waals surface area (Å²) in [5.41, 5.74) is 0.849. The molecule has 1 aromatic carbocycles. The summed E-state index contributed by atoms with van der Waals surface area (Å²) < 4.78 is 12.6. The fraction of sp³-hybridized carbons (Fsp3) is 0.125. The van der Waals surface area contributed by atoms with Crippen LogP contribution in [0.15, 0.2) is 18.2 Å². The highest BCUT2D eigenvalue weighted by Gasteiger charge is 1.97. The molecule has 0 saturated heterocycles. The molecule has 0 aliphatic heterocycles. The Morgan fingerprint density at radius 1 is 1.50 bits per heavy atom. The van der Waals surface area contributed by atoms with Crippen molar-refractivity contribution in [2.45, 2.75) is 6.92 Å². The van der Waals surface area contributed by atoms with Crippen LogP contribution < -0.4 is 0 Å². The van der Waals surface area contributed by atoms with Gasteiger partial charge in [0.1, 0.15) is 5.82 Å². The number of halogens is 2. The Balaban J connectivity index is 3.04. The van der Waals surface area contributed by atoms with Crippen LogP contribution in [0.25, 0.3) is 0 Å². The Kier molecular flexibility index (Phi) is 2.28. The van der Waals surface area contributed by atoms with E-state index in [2.05, 4.69) is 0 Å². The van der Waals surface area contributed by atoms with Gasteiger partial charge in [-0.2, -0.15) is 0 Å². The van der Waals surface area contributed by atoms with Crippen molar-refractivity contribution in [3.05, 3.63) is 41.0 Å². The maximum absolute atomic E-state index is 12.6. The molecule has 2 heteroatoms. The van der Waals surface area contributed by atoms with E-state index in [1.54, 1.807) is 12.1 Å². The molecule has 0 spiro atoms. The van der Waals surface area contributed by atoms with Gasteiger partial charge in [0.25, 0.3) is 0 Å². The van der Waals surface area contributed by atoms with Gasteiger partial charge in [-0.3, -0.25) is 0 Å². The molecular formula is C8H7ClF. The number of benzene rings is 1. The summed E-state index contributed by atoms with van der Waals surface area (Å²) in [6, 6.07) is 4.72. The molecule has 1 rings (SSSR count). The summed E-state index contributed by atoms with van der Waals surface area (Å²) in [6.07, 6.45) is 1.82. The van der Waals surface area contributed by atoms with Gasteiger partial charge in [0.05, 0.1) is 5.02 Å². The maximum Gasteiger partial charge on any atom is 0.142 e. The van der Waals surface area contributed by atoms with Crippen molar-refractivity contribution in [1.29, 1.82) is 0 Å². The Labute approximate surface area is 64.6 Å². The molecule has 0 bridgehead atoms. The van der Waals surface area contributed by atoms with E-state index in [1.807, 2.05) is 13.3 Å². The molecule has 0 saturated carbocycles. The lowest BCUT2D eigenvalue weighted by Gasteiger charge is -1.96. The Hall–Kier alpha value is -0.560. The average molecular weight is 158 g/mol. The van der Waals surface area contributed by atoms with E-state index < -0.39 is 0 Å². The van der Waals surface area contributed by atoms with Gasteiger partial charge >= 0.3 is 0 Å². The van der Waals surface area contributed by atoms with Crippen molar-refractivity contribution in [2.75, 3.05) is 0 Å². The first-order valence-corrected chi connectivity index (χ1v) is 3.36. The minimum Gasteiger partial charge on any atom is -0.205 e. The van der Waals surface area contributed by atoms with E-state index in [4.69, 9.17) is 11.6 Å². The Bertz CT molecular complexity index is 233. The minimum atomic E-state index is -0.364. The molecule has 0 aromatic heterocycles. The van der Waals surface area contributed by atoms with Crippen molar-refractivity contribution in [1.82, 2.24) is 0 Å². The van der Waals surface area contributed by atoms with Crippen molar-refractivity contribution in [3.8, 4) is 0 Å². The Morgan fingerprint density at radius 3 is 2.70 bits per heavy atom. The third kappa shape index (κ3) is 1.48. The first kappa shape index (κ1) is 7.55. The largest absolute Gasteiger partial charge is 0.205 e. The van der Waals surface area contributed by atoms with Crippen LogP contribution >= 0.6 is 11.6 Å². The molecule has 0 nitrogen and oxygen atoms in total. The second-order valence-electron chi connectivity index (χ2n) is 1.96. The van der Waals surface area contributed by atoms with Crippen LogP contribution in [0.5, 0.6) is 0 Å². The van der Waals surface area contributed by atoms with Crippen LogP contribution in [-0.4, -0.2) is 0 Å². The van der Waals surface area contributed by atoms with Gasteiger partial charge in [0.2, 0.25) is 0 Å². The molecule has 0 amide bonds. The molecule has 0 fully saturated rings. The topological polar surface area (TPSA) is 0 Å². The van der Waals surface area contributed by atoms with Gasteiger partial charge in [-0.25, -0.2) is 4.39 Å². The van der Waals surface area contributed by atoms with Crippen molar-refractivity contribution in [3.63, 3.8) is 0 Å². The average Bonchev–Trinajstić information content (AvgIpc) is 1.95. The number of hydrogen-bond donors (Lipinski definition) is 0. The normalized spacial score (nSPS) is 9.90. The number of hydrogen-bond acceptors (Lipinski definition) is 0. The fourth-order valence-electron chi connectivity index (χ4n) is 0.692. The molecule has 1 aromatic rings. The highest BCUT2D eigenvalue weighted by molar-refractivity contribution is 6.30. The zero-order valence-corrected chi connectivity index (χ0v) is 6.32. The molecule has 0 aliphatic rings. The predicted octanol–water partition coefficient (Wildman–Crippen LogP) is 3.05. The summed E-state index contributed by atoms with van der Waals surface area (Å²) in [5.74, 6) is -0.364. The molecule has 0 unspecified atom stereocenters. The highest BCUT2D eigenvalue weighted by atomic mass is 35.5. The first-order chi connectivity index (χ1) is 4.74. The van der Waals surface area contributed by atoms with E-state index in [-0.39, 0.29) is 10.8 Å². The van der Waals surface area contributed by atoms with Crippen LogP contribution in [-0.2, 0) is 0 Å². The lowest BCUT2D eigenvalue weighted by Crippen LogP contribution is -1.80. The van der Waals surface area contributed by atoms with Gasteiger partial charge in [0.15, 0.2) is 0 Å². The SMILES string of the molecule is C[CH]c1ccc(Cl)c(F)c1. The van der Waals surface area contributed by atoms with Crippen molar-refractivity contribution >= 4 is 11.6 Å². The summed E-state index contributed by atoms with van der Waals surface area (Å²) in [4.78, 5) is 0. The van der Waals surface area contributed by atoms with Gasteiger partial charge in [-0.1, -0.05) is 24.6 Å². The van der Waals surface area contributed by atoms with Gasteiger partial charge < -0.3 is 0 Å². The lowest BCUT2D eigenvalue weighted by molar-refractivity contribution is 0.627. The van der Waals surface area contributed by atoms with Crippen LogP contribution in [0.2, 0.25) is 5.02 Å². The van der Waals surface area contributed by atoms with Crippen molar-refractivity contribution in [2.24, 2.45) is 0 Å². The molecule has 0 heterocycles. The van der Waals surface area contributed by atoms with Gasteiger partial charge in [-0.05, 0) is 24.1 Å². The highest BCUT2D eigenvalue weighted by Crippen LogP contribution is 2.15. The summed E-state index contributed by atoms with van der Waals surface area (Å²) in [5, 5.41) is 0.172. The summed E-state index contributed by atoms with van der Waals surface area (Å²) >= 11 is 5.45. The smallest absolute Gasteiger partial charge is 0.142 e. The molecular weight excluding hydrogens is 151 g/mol. The molecule has 10 heavy (non-hydrogen) atoms. The first-order valence-electron chi connectivity index (χ1n) is 2.98. The van der Waals surface area contributed by atoms with Crippen LogP contribution in [0.4, 0.5) is 4.39 Å². The zero-order chi connectivity index (χ0) is 7.56. The van der Waals surface area contributed by atoms with Crippen LogP contribution in [0.1, 0.15) is 12.5 Å². The van der Waals surface area contributed by atoms with E-state index in [9.17, 15) is 4.39 Å². The second kappa shape index (κ2) is 3.02. The standard InChI is InChI=1S/C8H7ClF/c1-2-6-3-4-7(9)8(10)5-6/h2-5H,1H3. The van der Waals surface area contributed by atoms with Gasteiger partial charge in [0, 0.05) is 0 Å². The minimum absolute atomic E-state index is 0.172. The zero-order valence-electron chi connectivity index (χ0n) is 5.57. The number of rotatable bonds is 1. The fourth-order valence-corrected chi connectivity index (χ4v) is 0.809. The maximum atomic E-state index is 12.6. The van der Waals surface area contributed by atoms with E-state index in [0.29, 0.717) is 0 Å². The second-order valence-corrected chi connectivity index (χ2v) is 2.37. The Morgan fingerprint density at radius 2 is 2.20 bits per heavy atom. The van der Waals surface area contributed by atoms with E-state index in [0.717, 1.165) is 5.56 Å². The summed E-state index contributed by atoms with van der Waals surface area (Å²) in [6.45, 7) is 1.85. The molecule has 1 radical (unpaired) electrons. The lowest BCUT2D eigenvalue weighted by atomic mass is 10.2. The van der Waals surface area contributed by atoms with Crippen molar-refractivity contribution < 1.29 is 4.39 Å². The van der Waals surface area contributed by atoms with Crippen LogP contribution in [0.3, 0.4) is 0 Å². The molecule has 0 N–H and O–H groups in total. The third-order valence-electron chi connectivity index (χ3n) is 1.28. The third-order valence-corrected chi connectivity index (χ3v) is 1.58. The predicted molar refractivity (Wildman–Crippen MR) is 40.5 cm³/mol. The van der Waals surface area contributed by atoms with Gasteiger partial charge in [-0.15, -0.1) is 0 Å². The molecule has 53 valence electrons. The quantitative estimate of drug-likeness (QED) is 0.588. The van der Waals surface area contributed by atoms with E-state index >= 15 is 0 Å². The molecule has 0 aliphatic carbocycles. The van der Waals surface area contributed by atoms with E-state index in [1.165, 1.54) is 6.07 Å². The van der Waals surface area contributed by atoms with Crippen LogP contribution in [0, 0.1) is 12.2 Å². The summed E-state index contributed by atoms with van der Waals surface area (Å²) in [7, 11) is 0.